The maximum Gasteiger partial charge on any atom is 0.0100 e. The Labute approximate surface area is 121 Å². The van der Waals surface area contributed by atoms with Crippen LogP contribution in [-0.2, 0) is 0 Å². The van der Waals surface area contributed by atoms with Crippen molar-refractivity contribution in [3.63, 3.8) is 0 Å². The van der Waals surface area contributed by atoms with Crippen LogP contribution in [0.2, 0.25) is 0 Å². The van der Waals surface area contributed by atoms with Gasteiger partial charge in [0.05, 0.1) is 0 Å². The molecule has 1 nitrogen and oxygen atoms in total. The highest BCUT2D eigenvalue weighted by Crippen LogP contribution is 2.36. The molecule has 1 aliphatic carbocycles. The normalized spacial score (nSPS) is 26.5. The lowest BCUT2D eigenvalue weighted by molar-refractivity contribution is 0.242. The van der Waals surface area contributed by atoms with Crippen molar-refractivity contribution in [1.29, 1.82) is 0 Å². The molecule has 1 fully saturated rings. The van der Waals surface area contributed by atoms with Gasteiger partial charge in [0.1, 0.15) is 0 Å². The largest absolute Gasteiger partial charge is 0.314 e. The van der Waals surface area contributed by atoms with E-state index in [1.165, 1.54) is 64.3 Å². The van der Waals surface area contributed by atoms with E-state index in [0.29, 0.717) is 0 Å². The van der Waals surface area contributed by atoms with Crippen LogP contribution in [0.1, 0.15) is 85.5 Å². The van der Waals surface area contributed by atoms with Crippen LogP contribution >= 0.6 is 0 Å². The number of nitrogens with one attached hydrogen (secondary N) is 1. The third-order valence-electron chi connectivity index (χ3n) is 5.23. The minimum Gasteiger partial charge on any atom is -0.314 e. The molecule has 0 aromatic rings. The van der Waals surface area contributed by atoms with E-state index >= 15 is 0 Å². The van der Waals surface area contributed by atoms with Gasteiger partial charge in [0.2, 0.25) is 0 Å². The van der Waals surface area contributed by atoms with Crippen LogP contribution in [0.5, 0.6) is 0 Å². The minimum absolute atomic E-state index is 0.791. The zero-order chi connectivity index (χ0) is 14.1. The van der Waals surface area contributed by atoms with Gasteiger partial charge >= 0.3 is 0 Å². The maximum absolute atomic E-state index is 3.88. The fourth-order valence-electron chi connectivity index (χ4n) is 3.85. The van der Waals surface area contributed by atoms with Gasteiger partial charge in [-0.2, -0.15) is 0 Å². The molecule has 0 aliphatic heterocycles. The average Bonchev–Trinajstić information content (AvgIpc) is 2.84. The van der Waals surface area contributed by atoms with Gasteiger partial charge in [0, 0.05) is 6.04 Å². The first-order valence-corrected chi connectivity index (χ1v) is 8.96. The number of hydrogen-bond acceptors (Lipinski definition) is 1. The Balaban J connectivity index is 2.51. The molecule has 0 spiro atoms. The molecule has 0 radical (unpaired) electrons. The van der Waals surface area contributed by atoms with Gasteiger partial charge in [-0.1, -0.05) is 66.2 Å². The zero-order valence-corrected chi connectivity index (χ0v) is 13.9. The molecule has 1 N–H and O–H groups in total. The molecule has 0 amide bonds. The highest BCUT2D eigenvalue weighted by molar-refractivity contribution is 4.86. The SMILES string of the molecule is CCCCC(CC)CC(NCCC)C1CCCC1C. The summed E-state index contributed by atoms with van der Waals surface area (Å²) in [4.78, 5) is 0. The fraction of sp³-hybridized carbons (Fsp3) is 1.00. The first-order chi connectivity index (χ1) is 9.22. The Morgan fingerprint density at radius 3 is 2.42 bits per heavy atom. The van der Waals surface area contributed by atoms with E-state index in [0.717, 1.165) is 23.8 Å². The quantitative estimate of drug-likeness (QED) is 0.559. The summed E-state index contributed by atoms with van der Waals surface area (Å²) in [6.07, 6.45) is 12.6. The smallest absolute Gasteiger partial charge is 0.0100 e. The number of rotatable bonds is 10. The molecule has 1 saturated carbocycles. The van der Waals surface area contributed by atoms with Crippen LogP contribution in [-0.4, -0.2) is 12.6 Å². The molecule has 4 atom stereocenters. The van der Waals surface area contributed by atoms with E-state index in [-0.39, 0.29) is 0 Å². The summed E-state index contributed by atoms with van der Waals surface area (Å²) in [5.74, 6) is 2.84. The molecule has 0 aromatic carbocycles. The Morgan fingerprint density at radius 1 is 1.11 bits per heavy atom. The summed E-state index contributed by atoms with van der Waals surface area (Å²) in [6, 6.07) is 0.791. The lowest BCUT2D eigenvalue weighted by Gasteiger charge is -2.31. The summed E-state index contributed by atoms with van der Waals surface area (Å²) >= 11 is 0. The molecule has 0 bridgehead atoms. The second-order valence-electron chi connectivity index (χ2n) is 6.78. The second kappa shape index (κ2) is 9.80. The maximum atomic E-state index is 3.88. The average molecular weight is 268 g/mol. The molecule has 0 saturated heterocycles. The first-order valence-electron chi connectivity index (χ1n) is 8.96. The predicted octanol–water partition coefficient (Wildman–Crippen LogP) is 5.40. The minimum atomic E-state index is 0.791. The number of hydrogen-bond donors (Lipinski definition) is 1. The third-order valence-corrected chi connectivity index (χ3v) is 5.23. The van der Waals surface area contributed by atoms with Crippen molar-refractivity contribution in [3.05, 3.63) is 0 Å². The van der Waals surface area contributed by atoms with Gasteiger partial charge in [-0.15, -0.1) is 0 Å². The molecule has 1 aliphatic rings. The van der Waals surface area contributed by atoms with Crippen LogP contribution in [0, 0.1) is 17.8 Å². The Kier molecular flexibility index (Phi) is 8.77. The Morgan fingerprint density at radius 2 is 1.89 bits per heavy atom. The van der Waals surface area contributed by atoms with E-state index in [4.69, 9.17) is 0 Å². The molecule has 0 heterocycles. The van der Waals surface area contributed by atoms with Crippen LogP contribution in [0.25, 0.3) is 0 Å². The zero-order valence-electron chi connectivity index (χ0n) is 13.9. The van der Waals surface area contributed by atoms with Crippen molar-refractivity contribution in [3.8, 4) is 0 Å². The molecular formula is C18H37N. The summed E-state index contributed by atoms with van der Waals surface area (Å²) in [7, 11) is 0. The third kappa shape index (κ3) is 5.85. The van der Waals surface area contributed by atoms with Gasteiger partial charge < -0.3 is 5.32 Å². The lowest BCUT2D eigenvalue weighted by Crippen LogP contribution is -2.39. The summed E-state index contributed by atoms with van der Waals surface area (Å²) in [5, 5.41) is 3.88. The van der Waals surface area contributed by atoms with Gasteiger partial charge in [-0.3, -0.25) is 0 Å². The van der Waals surface area contributed by atoms with E-state index in [2.05, 4.69) is 33.0 Å². The standard InChI is InChI=1S/C18H37N/c1-5-8-11-16(7-3)14-18(19-13-6-2)17-12-9-10-15(17)4/h15-19H,5-14H2,1-4H3. The van der Waals surface area contributed by atoms with Gasteiger partial charge in [-0.25, -0.2) is 0 Å². The molecular weight excluding hydrogens is 230 g/mol. The van der Waals surface area contributed by atoms with Crippen LogP contribution in [0.15, 0.2) is 0 Å². The van der Waals surface area contributed by atoms with Crippen LogP contribution in [0.3, 0.4) is 0 Å². The first kappa shape index (κ1) is 17.0. The van der Waals surface area contributed by atoms with Crippen molar-refractivity contribution in [1.82, 2.24) is 5.32 Å². The van der Waals surface area contributed by atoms with Gasteiger partial charge in [-0.05, 0) is 43.6 Å². The Hall–Kier alpha value is -0.0400. The molecule has 4 unspecified atom stereocenters. The molecule has 114 valence electrons. The predicted molar refractivity (Wildman–Crippen MR) is 86.5 cm³/mol. The summed E-state index contributed by atoms with van der Waals surface area (Å²) in [5.41, 5.74) is 0. The van der Waals surface area contributed by atoms with Gasteiger partial charge in [0.15, 0.2) is 0 Å². The highest BCUT2D eigenvalue weighted by Gasteiger charge is 2.31. The second-order valence-corrected chi connectivity index (χ2v) is 6.78. The van der Waals surface area contributed by atoms with Crippen molar-refractivity contribution in [2.45, 2.75) is 91.5 Å². The van der Waals surface area contributed by atoms with Crippen LogP contribution < -0.4 is 5.32 Å². The van der Waals surface area contributed by atoms with Crippen molar-refractivity contribution >= 4 is 0 Å². The van der Waals surface area contributed by atoms with E-state index in [9.17, 15) is 0 Å². The fourth-order valence-corrected chi connectivity index (χ4v) is 3.85. The van der Waals surface area contributed by atoms with Crippen LogP contribution in [0.4, 0.5) is 0 Å². The highest BCUT2D eigenvalue weighted by atomic mass is 14.9. The molecule has 1 heteroatoms. The van der Waals surface area contributed by atoms with E-state index < -0.39 is 0 Å². The summed E-state index contributed by atoms with van der Waals surface area (Å²) in [6.45, 7) is 10.7. The number of unbranched alkanes of at least 4 members (excludes halogenated alkanes) is 1. The lowest BCUT2D eigenvalue weighted by atomic mass is 9.82. The Bertz CT molecular complexity index is 214. The summed E-state index contributed by atoms with van der Waals surface area (Å²) < 4.78 is 0. The topological polar surface area (TPSA) is 12.0 Å². The monoisotopic (exact) mass is 267 g/mol. The van der Waals surface area contributed by atoms with Crippen molar-refractivity contribution < 1.29 is 0 Å². The molecule has 1 rings (SSSR count). The van der Waals surface area contributed by atoms with E-state index in [1.807, 2.05) is 0 Å². The molecule has 19 heavy (non-hydrogen) atoms. The van der Waals surface area contributed by atoms with Gasteiger partial charge in [0.25, 0.3) is 0 Å². The van der Waals surface area contributed by atoms with Crippen molar-refractivity contribution in [2.24, 2.45) is 17.8 Å². The van der Waals surface area contributed by atoms with Crippen molar-refractivity contribution in [2.75, 3.05) is 6.54 Å². The van der Waals surface area contributed by atoms with E-state index in [1.54, 1.807) is 0 Å². The molecule has 0 aromatic heterocycles.